The minimum atomic E-state index is -0.376. The normalized spacial score (nSPS) is 9.73. The average molecular weight is 155 g/mol. The number of benzene rings is 1. The van der Waals surface area contributed by atoms with Gasteiger partial charge in [0.2, 0.25) is 0 Å². The molecule has 0 unspecified atom stereocenters. The van der Waals surface area contributed by atoms with E-state index in [9.17, 15) is 4.39 Å². The smallest absolute Gasteiger partial charge is 0.130 e. The average Bonchev–Trinajstić information content (AvgIpc) is 2.04. The van der Waals surface area contributed by atoms with Crippen LogP contribution in [-0.2, 0) is 6.61 Å². The number of halogens is 1. The Hall–Kier alpha value is -1.09. The van der Waals surface area contributed by atoms with E-state index < -0.39 is 0 Å². The molecule has 0 amide bonds. The molecule has 0 spiro atoms. The fourth-order valence-corrected chi connectivity index (χ4v) is 0.831. The van der Waals surface area contributed by atoms with Crippen LogP contribution in [0.25, 0.3) is 0 Å². The van der Waals surface area contributed by atoms with E-state index in [1.807, 2.05) is 0 Å². The third-order valence-electron chi connectivity index (χ3n) is 1.51. The first-order chi connectivity index (χ1) is 5.27. The Morgan fingerprint density at radius 3 is 2.73 bits per heavy atom. The Morgan fingerprint density at radius 2 is 2.27 bits per heavy atom. The van der Waals surface area contributed by atoms with Gasteiger partial charge in [0.1, 0.15) is 5.82 Å². The van der Waals surface area contributed by atoms with Crippen LogP contribution in [0, 0.1) is 5.82 Å². The van der Waals surface area contributed by atoms with Crippen molar-refractivity contribution in [1.29, 1.82) is 0 Å². The highest BCUT2D eigenvalue weighted by Gasteiger charge is 1.99. The van der Waals surface area contributed by atoms with Gasteiger partial charge < -0.3 is 10.4 Å². The zero-order valence-corrected chi connectivity index (χ0v) is 6.26. The maximum Gasteiger partial charge on any atom is 0.130 e. The van der Waals surface area contributed by atoms with Crippen molar-refractivity contribution in [2.45, 2.75) is 6.61 Å². The predicted molar refractivity (Wildman–Crippen MR) is 41.9 cm³/mol. The van der Waals surface area contributed by atoms with Crippen molar-refractivity contribution in [2.75, 3.05) is 12.4 Å². The molecule has 0 aliphatic carbocycles. The molecule has 0 atom stereocenters. The van der Waals surface area contributed by atoms with Crippen molar-refractivity contribution < 1.29 is 9.50 Å². The van der Waals surface area contributed by atoms with Crippen LogP contribution in [0.5, 0.6) is 0 Å². The Labute approximate surface area is 64.7 Å². The van der Waals surface area contributed by atoms with Crippen LogP contribution in [0.3, 0.4) is 0 Å². The van der Waals surface area contributed by atoms with Gasteiger partial charge in [-0.1, -0.05) is 6.07 Å². The molecular formula is C8H10FNO. The largest absolute Gasteiger partial charge is 0.392 e. The number of rotatable bonds is 2. The van der Waals surface area contributed by atoms with E-state index in [1.165, 1.54) is 6.07 Å². The summed E-state index contributed by atoms with van der Waals surface area (Å²) in [4.78, 5) is 0. The lowest BCUT2D eigenvalue weighted by atomic mass is 10.2. The van der Waals surface area contributed by atoms with Crippen molar-refractivity contribution in [2.24, 2.45) is 0 Å². The summed E-state index contributed by atoms with van der Waals surface area (Å²) in [5, 5.41) is 11.4. The van der Waals surface area contributed by atoms with Crippen molar-refractivity contribution in [1.82, 2.24) is 0 Å². The Kier molecular flexibility index (Phi) is 2.44. The summed E-state index contributed by atoms with van der Waals surface area (Å²) < 4.78 is 12.8. The molecule has 0 fully saturated rings. The molecule has 0 bridgehead atoms. The number of aliphatic hydroxyl groups excluding tert-OH is 1. The SMILES string of the molecule is CNc1ccc(CO)c(F)c1. The zero-order chi connectivity index (χ0) is 8.27. The molecule has 0 heterocycles. The number of hydrogen-bond donors (Lipinski definition) is 2. The third-order valence-corrected chi connectivity index (χ3v) is 1.51. The Bertz CT molecular complexity index is 250. The molecule has 0 aliphatic heterocycles. The highest BCUT2D eigenvalue weighted by molar-refractivity contribution is 5.44. The number of hydrogen-bond acceptors (Lipinski definition) is 2. The first kappa shape index (κ1) is 8.01. The second kappa shape index (κ2) is 3.34. The number of aliphatic hydroxyl groups is 1. The van der Waals surface area contributed by atoms with Crippen LogP contribution in [0.2, 0.25) is 0 Å². The van der Waals surface area contributed by atoms with Crippen molar-refractivity contribution in [3.05, 3.63) is 29.6 Å². The fourth-order valence-electron chi connectivity index (χ4n) is 0.831. The molecule has 3 heteroatoms. The van der Waals surface area contributed by atoms with Crippen LogP contribution in [-0.4, -0.2) is 12.2 Å². The predicted octanol–water partition coefficient (Wildman–Crippen LogP) is 1.36. The molecule has 0 saturated heterocycles. The van der Waals surface area contributed by atoms with Crippen LogP contribution in [0.15, 0.2) is 18.2 Å². The lowest BCUT2D eigenvalue weighted by Crippen LogP contribution is -1.93. The molecule has 0 aliphatic rings. The summed E-state index contributed by atoms with van der Waals surface area (Å²) in [5.74, 6) is -0.376. The van der Waals surface area contributed by atoms with Gasteiger partial charge in [-0.2, -0.15) is 0 Å². The van der Waals surface area contributed by atoms with Gasteiger partial charge in [0.25, 0.3) is 0 Å². The van der Waals surface area contributed by atoms with Crippen LogP contribution >= 0.6 is 0 Å². The molecule has 1 aromatic rings. The molecule has 0 aromatic heterocycles. The molecule has 60 valence electrons. The minimum absolute atomic E-state index is 0.254. The summed E-state index contributed by atoms with van der Waals surface area (Å²) in [6.07, 6.45) is 0. The molecule has 0 saturated carbocycles. The summed E-state index contributed by atoms with van der Waals surface area (Å²) in [6, 6.07) is 4.63. The van der Waals surface area contributed by atoms with E-state index >= 15 is 0 Å². The van der Waals surface area contributed by atoms with Gasteiger partial charge >= 0.3 is 0 Å². The highest BCUT2D eigenvalue weighted by atomic mass is 19.1. The van der Waals surface area contributed by atoms with Gasteiger partial charge in [-0.15, -0.1) is 0 Å². The standard InChI is InChI=1S/C8H10FNO/c1-10-7-3-2-6(5-11)8(9)4-7/h2-4,10-11H,5H2,1H3. The van der Waals surface area contributed by atoms with Crippen LogP contribution < -0.4 is 5.32 Å². The summed E-state index contributed by atoms with van der Waals surface area (Å²) >= 11 is 0. The van der Waals surface area contributed by atoms with Gasteiger partial charge in [-0.05, 0) is 12.1 Å². The van der Waals surface area contributed by atoms with Crippen molar-refractivity contribution in [3.63, 3.8) is 0 Å². The molecule has 0 radical (unpaired) electrons. The monoisotopic (exact) mass is 155 g/mol. The minimum Gasteiger partial charge on any atom is -0.392 e. The summed E-state index contributed by atoms with van der Waals surface area (Å²) in [5.41, 5.74) is 1.03. The summed E-state index contributed by atoms with van der Waals surface area (Å²) in [7, 11) is 1.72. The van der Waals surface area contributed by atoms with Gasteiger partial charge in [0.05, 0.1) is 6.61 Å². The fraction of sp³-hybridized carbons (Fsp3) is 0.250. The highest BCUT2D eigenvalue weighted by Crippen LogP contribution is 2.13. The molecule has 1 aromatic carbocycles. The van der Waals surface area contributed by atoms with Crippen molar-refractivity contribution in [3.8, 4) is 0 Å². The van der Waals surface area contributed by atoms with E-state index in [0.717, 1.165) is 0 Å². The van der Waals surface area contributed by atoms with E-state index in [2.05, 4.69) is 5.32 Å². The topological polar surface area (TPSA) is 32.3 Å². The van der Waals surface area contributed by atoms with Gasteiger partial charge in [-0.25, -0.2) is 4.39 Å². The zero-order valence-electron chi connectivity index (χ0n) is 6.26. The van der Waals surface area contributed by atoms with Gasteiger partial charge in [0.15, 0.2) is 0 Å². The van der Waals surface area contributed by atoms with Crippen LogP contribution in [0.4, 0.5) is 10.1 Å². The quantitative estimate of drug-likeness (QED) is 0.675. The number of anilines is 1. The van der Waals surface area contributed by atoms with Crippen molar-refractivity contribution >= 4 is 5.69 Å². The van der Waals surface area contributed by atoms with E-state index in [0.29, 0.717) is 11.3 Å². The first-order valence-corrected chi connectivity index (χ1v) is 3.35. The Morgan fingerprint density at radius 1 is 1.55 bits per heavy atom. The third kappa shape index (κ3) is 1.68. The maximum atomic E-state index is 12.8. The molecule has 1 rings (SSSR count). The van der Waals surface area contributed by atoms with E-state index in [4.69, 9.17) is 5.11 Å². The van der Waals surface area contributed by atoms with Gasteiger partial charge in [-0.3, -0.25) is 0 Å². The lowest BCUT2D eigenvalue weighted by molar-refractivity contribution is 0.276. The maximum absolute atomic E-state index is 12.8. The second-order valence-electron chi connectivity index (χ2n) is 2.21. The Balaban J connectivity index is 2.99. The first-order valence-electron chi connectivity index (χ1n) is 3.35. The van der Waals surface area contributed by atoms with Crippen LogP contribution in [0.1, 0.15) is 5.56 Å². The molecule has 2 nitrogen and oxygen atoms in total. The van der Waals surface area contributed by atoms with Gasteiger partial charge in [0, 0.05) is 18.3 Å². The lowest BCUT2D eigenvalue weighted by Gasteiger charge is -2.02. The van der Waals surface area contributed by atoms with E-state index in [-0.39, 0.29) is 12.4 Å². The van der Waals surface area contributed by atoms with E-state index in [1.54, 1.807) is 19.2 Å². The second-order valence-corrected chi connectivity index (χ2v) is 2.21. The molecule has 2 N–H and O–H groups in total. The molecular weight excluding hydrogens is 145 g/mol. The molecule has 11 heavy (non-hydrogen) atoms. The number of nitrogens with one attached hydrogen (secondary N) is 1. The summed E-state index contributed by atoms with van der Waals surface area (Å²) in [6.45, 7) is -0.254.